The summed E-state index contributed by atoms with van der Waals surface area (Å²) in [6.07, 6.45) is 0.509. The molecule has 1 aromatic heterocycles. The lowest BCUT2D eigenvalue weighted by atomic mass is 10.1. The van der Waals surface area contributed by atoms with Crippen LogP contribution in [0, 0.1) is 0 Å². The molecule has 0 bridgehead atoms. The Morgan fingerprint density at radius 3 is 2.84 bits per heavy atom. The Morgan fingerprint density at radius 2 is 2.16 bits per heavy atom. The fourth-order valence-electron chi connectivity index (χ4n) is 1.68. The minimum Gasteiger partial charge on any atom is -0.396 e. The number of carbonyl (C=O) groups excluding carboxylic acids is 1. The fourth-order valence-corrected chi connectivity index (χ4v) is 1.68. The van der Waals surface area contributed by atoms with Crippen molar-refractivity contribution in [3.05, 3.63) is 42.1 Å². The van der Waals surface area contributed by atoms with Crippen LogP contribution in [0.2, 0.25) is 0 Å². The standard InChI is InChI=1S/C14H16N2O3/c1-10(7-8-17)15-14(18)12-9-13(19-16-12)11-5-3-2-4-6-11/h2-6,9-10,17H,7-8H2,1H3,(H,15,18). The number of aliphatic hydroxyl groups excluding tert-OH is 1. The van der Waals surface area contributed by atoms with E-state index >= 15 is 0 Å². The minimum absolute atomic E-state index is 0.0372. The van der Waals surface area contributed by atoms with Crippen LogP contribution in [0.5, 0.6) is 0 Å². The Balaban J connectivity index is 2.07. The summed E-state index contributed by atoms with van der Waals surface area (Å²) in [6, 6.07) is 11.0. The van der Waals surface area contributed by atoms with E-state index in [1.807, 2.05) is 37.3 Å². The average molecular weight is 260 g/mol. The monoisotopic (exact) mass is 260 g/mol. The van der Waals surface area contributed by atoms with E-state index in [4.69, 9.17) is 9.63 Å². The molecule has 100 valence electrons. The molecule has 0 radical (unpaired) electrons. The van der Waals surface area contributed by atoms with Gasteiger partial charge in [-0.1, -0.05) is 35.5 Å². The molecular weight excluding hydrogens is 244 g/mol. The second-order valence-corrected chi connectivity index (χ2v) is 4.33. The maximum absolute atomic E-state index is 11.9. The van der Waals surface area contributed by atoms with Gasteiger partial charge in [-0.3, -0.25) is 4.79 Å². The molecule has 5 heteroatoms. The highest BCUT2D eigenvalue weighted by Gasteiger charge is 2.15. The SMILES string of the molecule is CC(CCO)NC(=O)c1cc(-c2ccccc2)on1. The Morgan fingerprint density at radius 1 is 1.42 bits per heavy atom. The summed E-state index contributed by atoms with van der Waals surface area (Å²) < 4.78 is 5.15. The van der Waals surface area contributed by atoms with Crippen LogP contribution in [-0.4, -0.2) is 28.8 Å². The van der Waals surface area contributed by atoms with Crippen LogP contribution >= 0.6 is 0 Å². The topological polar surface area (TPSA) is 75.4 Å². The van der Waals surface area contributed by atoms with E-state index in [0.717, 1.165) is 5.56 Å². The number of aromatic nitrogens is 1. The summed E-state index contributed by atoms with van der Waals surface area (Å²) >= 11 is 0. The molecule has 0 fully saturated rings. The number of hydrogen-bond donors (Lipinski definition) is 2. The first-order chi connectivity index (χ1) is 9.20. The molecule has 1 aromatic carbocycles. The molecule has 1 heterocycles. The first-order valence-corrected chi connectivity index (χ1v) is 6.14. The second kappa shape index (κ2) is 6.15. The Labute approximate surface area is 111 Å². The van der Waals surface area contributed by atoms with Gasteiger partial charge in [0.05, 0.1) is 0 Å². The number of benzene rings is 1. The van der Waals surface area contributed by atoms with Gasteiger partial charge in [-0.05, 0) is 13.3 Å². The number of nitrogens with one attached hydrogen (secondary N) is 1. The van der Waals surface area contributed by atoms with E-state index in [9.17, 15) is 4.79 Å². The van der Waals surface area contributed by atoms with E-state index < -0.39 is 0 Å². The highest BCUT2D eigenvalue weighted by molar-refractivity contribution is 5.93. The largest absolute Gasteiger partial charge is 0.396 e. The van der Waals surface area contributed by atoms with Crippen molar-refractivity contribution < 1.29 is 14.4 Å². The summed E-state index contributed by atoms with van der Waals surface area (Å²) in [6.45, 7) is 1.86. The molecule has 19 heavy (non-hydrogen) atoms. The van der Waals surface area contributed by atoms with E-state index in [2.05, 4.69) is 10.5 Å². The highest BCUT2D eigenvalue weighted by Crippen LogP contribution is 2.19. The summed E-state index contributed by atoms with van der Waals surface area (Å²) in [4.78, 5) is 11.9. The molecule has 2 rings (SSSR count). The lowest BCUT2D eigenvalue weighted by Crippen LogP contribution is -2.33. The van der Waals surface area contributed by atoms with Crippen LogP contribution in [0.1, 0.15) is 23.8 Å². The van der Waals surface area contributed by atoms with E-state index in [-0.39, 0.29) is 24.2 Å². The van der Waals surface area contributed by atoms with Crippen LogP contribution < -0.4 is 5.32 Å². The zero-order valence-corrected chi connectivity index (χ0v) is 10.7. The second-order valence-electron chi connectivity index (χ2n) is 4.33. The molecule has 0 spiro atoms. The van der Waals surface area contributed by atoms with Gasteiger partial charge in [0.1, 0.15) is 0 Å². The van der Waals surface area contributed by atoms with Crippen molar-refractivity contribution in [3.63, 3.8) is 0 Å². The lowest BCUT2D eigenvalue weighted by Gasteiger charge is -2.10. The van der Waals surface area contributed by atoms with Crippen molar-refractivity contribution in [3.8, 4) is 11.3 Å². The van der Waals surface area contributed by atoms with Crippen LogP contribution in [0.25, 0.3) is 11.3 Å². The molecule has 1 atom stereocenters. The van der Waals surface area contributed by atoms with Gasteiger partial charge in [0.25, 0.3) is 5.91 Å². The van der Waals surface area contributed by atoms with Crippen LogP contribution in [0.15, 0.2) is 40.9 Å². The molecule has 1 amide bonds. The predicted molar refractivity (Wildman–Crippen MR) is 70.6 cm³/mol. The van der Waals surface area contributed by atoms with Gasteiger partial charge in [0, 0.05) is 24.3 Å². The van der Waals surface area contributed by atoms with E-state index in [0.29, 0.717) is 12.2 Å². The lowest BCUT2D eigenvalue weighted by molar-refractivity contribution is 0.0925. The Bertz CT molecular complexity index is 537. The third kappa shape index (κ3) is 3.42. The van der Waals surface area contributed by atoms with Crippen LogP contribution in [0.4, 0.5) is 0 Å². The number of rotatable bonds is 5. The first kappa shape index (κ1) is 13.3. The molecule has 5 nitrogen and oxygen atoms in total. The average Bonchev–Trinajstić information content (AvgIpc) is 2.89. The zero-order valence-electron chi connectivity index (χ0n) is 10.7. The summed E-state index contributed by atoms with van der Waals surface area (Å²) in [5.41, 5.74) is 1.11. The number of aliphatic hydroxyl groups is 1. The van der Waals surface area contributed by atoms with Crippen LogP contribution in [-0.2, 0) is 0 Å². The van der Waals surface area contributed by atoms with Crippen LogP contribution in [0.3, 0.4) is 0 Å². The van der Waals surface area contributed by atoms with Gasteiger partial charge in [-0.15, -0.1) is 0 Å². The fraction of sp³-hybridized carbons (Fsp3) is 0.286. The molecule has 0 saturated carbocycles. The first-order valence-electron chi connectivity index (χ1n) is 6.14. The van der Waals surface area contributed by atoms with Gasteiger partial charge < -0.3 is 14.9 Å². The number of carbonyl (C=O) groups is 1. The number of nitrogens with zero attached hydrogens (tertiary/aromatic N) is 1. The third-order valence-electron chi connectivity index (χ3n) is 2.74. The van der Waals surface area contributed by atoms with E-state index in [1.54, 1.807) is 6.07 Å². The summed E-state index contributed by atoms with van der Waals surface area (Å²) in [5, 5.41) is 15.3. The van der Waals surface area contributed by atoms with Crippen molar-refractivity contribution in [1.29, 1.82) is 0 Å². The number of hydrogen-bond acceptors (Lipinski definition) is 4. The quantitative estimate of drug-likeness (QED) is 0.860. The smallest absolute Gasteiger partial charge is 0.273 e. The maximum atomic E-state index is 11.9. The highest BCUT2D eigenvalue weighted by atomic mass is 16.5. The van der Waals surface area contributed by atoms with E-state index in [1.165, 1.54) is 0 Å². The molecule has 2 N–H and O–H groups in total. The molecule has 0 aliphatic rings. The normalized spacial score (nSPS) is 12.1. The summed E-state index contributed by atoms with van der Waals surface area (Å²) in [7, 11) is 0. The maximum Gasteiger partial charge on any atom is 0.273 e. The van der Waals surface area contributed by atoms with Gasteiger partial charge in [0.2, 0.25) is 0 Å². The third-order valence-corrected chi connectivity index (χ3v) is 2.74. The van der Waals surface area contributed by atoms with Gasteiger partial charge in [-0.2, -0.15) is 0 Å². The van der Waals surface area contributed by atoms with Crippen molar-refractivity contribution in [2.75, 3.05) is 6.61 Å². The predicted octanol–water partition coefficient (Wildman–Crippen LogP) is 1.84. The molecular formula is C14H16N2O3. The zero-order chi connectivity index (χ0) is 13.7. The summed E-state index contributed by atoms with van der Waals surface area (Å²) in [5.74, 6) is 0.257. The molecule has 0 saturated heterocycles. The van der Waals surface area contributed by atoms with Crippen molar-refractivity contribution in [2.24, 2.45) is 0 Å². The molecule has 1 unspecified atom stereocenters. The molecule has 0 aliphatic heterocycles. The van der Waals surface area contributed by atoms with Crippen molar-refractivity contribution >= 4 is 5.91 Å². The van der Waals surface area contributed by atoms with Crippen molar-refractivity contribution in [2.45, 2.75) is 19.4 Å². The Hall–Kier alpha value is -2.14. The molecule has 0 aliphatic carbocycles. The molecule has 2 aromatic rings. The van der Waals surface area contributed by atoms with Gasteiger partial charge in [-0.25, -0.2) is 0 Å². The Kier molecular flexibility index (Phi) is 4.30. The van der Waals surface area contributed by atoms with Gasteiger partial charge >= 0.3 is 0 Å². The minimum atomic E-state index is -0.299. The number of amides is 1. The van der Waals surface area contributed by atoms with Crippen molar-refractivity contribution in [1.82, 2.24) is 10.5 Å². The van der Waals surface area contributed by atoms with Gasteiger partial charge in [0.15, 0.2) is 11.5 Å².